The van der Waals surface area contributed by atoms with Crippen LogP contribution >= 0.6 is 0 Å². The molecule has 0 fully saturated rings. The second-order valence-electron chi connectivity index (χ2n) is 4.11. The van der Waals surface area contributed by atoms with Crippen LogP contribution in [0.1, 0.15) is 16.1 Å². The number of methoxy groups -OCH3 is 1. The van der Waals surface area contributed by atoms with Gasteiger partial charge in [-0.2, -0.15) is 5.10 Å². The first-order chi connectivity index (χ1) is 10.6. The van der Waals surface area contributed by atoms with Crippen molar-refractivity contribution < 1.29 is 18.7 Å². The molecule has 114 valence electrons. The van der Waals surface area contributed by atoms with Crippen LogP contribution in [0, 0.1) is 0 Å². The highest BCUT2D eigenvalue weighted by molar-refractivity contribution is 5.89. The van der Waals surface area contributed by atoms with Crippen LogP contribution in [0.5, 0.6) is 0 Å². The average Bonchev–Trinajstić information content (AvgIpc) is 3.03. The third kappa shape index (κ3) is 3.70. The van der Waals surface area contributed by atoms with E-state index in [1.54, 1.807) is 36.4 Å². The number of nitrogens with one attached hydrogen (secondary N) is 2. The predicted molar refractivity (Wildman–Crippen MR) is 78.9 cm³/mol. The van der Waals surface area contributed by atoms with Crippen LogP contribution in [-0.2, 0) is 4.74 Å². The van der Waals surface area contributed by atoms with Gasteiger partial charge in [0.1, 0.15) is 11.5 Å². The molecule has 0 bridgehead atoms. The molecule has 0 spiro atoms. The normalized spacial score (nSPS) is 10.5. The van der Waals surface area contributed by atoms with E-state index in [9.17, 15) is 9.59 Å². The topological polar surface area (TPSA) is 119 Å². The van der Waals surface area contributed by atoms with Crippen LogP contribution < -0.4 is 16.7 Å². The number of carbonyl (C=O) groups is 2. The third-order valence-electron chi connectivity index (χ3n) is 2.71. The van der Waals surface area contributed by atoms with E-state index in [0.29, 0.717) is 17.1 Å². The van der Waals surface area contributed by atoms with E-state index < -0.39 is 12.0 Å². The summed E-state index contributed by atoms with van der Waals surface area (Å²) in [5.41, 5.74) is 5.26. The highest BCUT2D eigenvalue weighted by Crippen LogP contribution is 2.22. The van der Waals surface area contributed by atoms with Gasteiger partial charge in [-0.1, -0.05) is 12.1 Å². The molecule has 0 atom stereocenters. The van der Waals surface area contributed by atoms with E-state index in [1.165, 1.54) is 13.3 Å². The third-order valence-corrected chi connectivity index (χ3v) is 2.71. The molecule has 0 aliphatic carbocycles. The molecule has 1 aromatic carbocycles. The Kier molecular flexibility index (Phi) is 4.89. The fourth-order valence-corrected chi connectivity index (χ4v) is 1.65. The molecule has 0 saturated heterocycles. The second kappa shape index (κ2) is 7.04. The van der Waals surface area contributed by atoms with Crippen molar-refractivity contribution in [2.45, 2.75) is 0 Å². The van der Waals surface area contributed by atoms with Crippen LogP contribution in [-0.4, -0.2) is 25.3 Å². The van der Waals surface area contributed by atoms with Gasteiger partial charge in [0.05, 0.1) is 18.9 Å². The molecule has 22 heavy (non-hydrogen) atoms. The number of carbonyl (C=O) groups excluding carboxylic acids is 2. The molecule has 0 unspecified atom stereocenters. The van der Waals surface area contributed by atoms with Crippen molar-refractivity contribution in [3.8, 4) is 11.3 Å². The fourth-order valence-electron chi connectivity index (χ4n) is 1.65. The summed E-state index contributed by atoms with van der Waals surface area (Å²) in [5.74, 6) is 5.53. The molecule has 8 nitrogen and oxygen atoms in total. The van der Waals surface area contributed by atoms with E-state index in [4.69, 9.17) is 10.3 Å². The van der Waals surface area contributed by atoms with Gasteiger partial charge in [-0.3, -0.25) is 5.43 Å². The Morgan fingerprint density at radius 2 is 1.95 bits per heavy atom. The van der Waals surface area contributed by atoms with Crippen molar-refractivity contribution >= 4 is 18.2 Å². The minimum Gasteiger partial charge on any atom is -0.465 e. The Labute approximate surface area is 125 Å². The number of furan rings is 1. The summed E-state index contributed by atoms with van der Waals surface area (Å²) in [7, 11) is 1.33. The van der Waals surface area contributed by atoms with E-state index in [2.05, 4.69) is 15.3 Å². The number of esters is 1. The van der Waals surface area contributed by atoms with Crippen molar-refractivity contribution in [3.05, 3.63) is 47.7 Å². The minimum absolute atomic E-state index is 0.400. The zero-order valence-corrected chi connectivity index (χ0v) is 11.7. The number of nitrogens with two attached hydrogens (primary N) is 1. The Morgan fingerprint density at radius 1 is 1.23 bits per heavy atom. The predicted octanol–water partition coefficient (Wildman–Crippen LogP) is 1.24. The zero-order chi connectivity index (χ0) is 15.9. The number of benzene rings is 1. The molecule has 0 radical (unpaired) electrons. The first-order valence-corrected chi connectivity index (χ1v) is 6.22. The molecule has 2 aromatic rings. The standard InChI is InChI=1S/C14H14N4O4/c1-21-13(19)10-4-2-9(3-5-10)12-7-6-11(22-12)8-16-18-14(20)17-15/h2-8H,15H2,1H3,(H2,17,18,20)/b16-8+. The van der Waals surface area contributed by atoms with Crippen LogP contribution in [0.3, 0.4) is 0 Å². The maximum atomic E-state index is 11.4. The molecule has 2 amide bonds. The van der Waals surface area contributed by atoms with Crippen LogP contribution in [0.4, 0.5) is 4.79 Å². The Bertz CT molecular complexity index is 691. The summed E-state index contributed by atoms with van der Waals surface area (Å²) in [6, 6.07) is 9.57. The quantitative estimate of drug-likeness (QED) is 0.258. The molecule has 2 rings (SSSR count). The van der Waals surface area contributed by atoms with E-state index in [0.717, 1.165) is 5.56 Å². The Hall–Kier alpha value is -3.13. The van der Waals surface area contributed by atoms with Crippen molar-refractivity contribution in [1.82, 2.24) is 10.9 Å². The Morgan fingerprint density at radius 3 is 2.59 bits per heavy atom. The molecule has 0 aliphatic rings. The van der Waals surface area contributed by atoms with Crippen molar-refractivity contribution in [2.24, 2.45) is 10.9 Å². The zero-order valence-electron chi connectivity index (χ0n) is 11.7. The van der Waals surface area contributed by atoms with E-state index in [1.807, 2.05) is 5.43 Å². The smallest absolute Gasteiger partial charge is 0.349 e. The summed E-state index contributed by atoms with van der Waals surface area (Å²) in [4.78, 5) is 22.2. The van der Waals surface area contributed by atoms with Gasteiger partial charge in [0.25, 0.3) is 0 Å². The van der Waals surface area contributed by atoms with Crippen LogP contribution in [0.15, 0.2) is 45.9 Å². The summed E-state index contributed by atoms with van der Waals surface area (Å²) in [6.45, 7) is 0. The number of ether oxygens (including phenoxy) is 1. The van der Waals surface area contributed by atoms with Gasteiger partial charge in [-0.25, -0.2) is 20.9 Å². The van der Waals surface area contributed by atoms with Crippen molar-refractivity contribution in [1.29, 1.82) is 0 Å². The molecule has 8 heteroatoms. The van der Waals surface area contributed by atoms with Crippen molar-refractivity contribution in [2.75, 3.05) is 7.11 Å². The molecular weight excluding hydrogens is 288 g/mol. The molecule has 1 aromatic heterocycles. The van der Waals surface area contributed by atoms with E-state index >= 15 is 0 Å². The minimum atomic E-state index is -0.638. The number of hydrogen-bond acceptors (Lipinski definition) is 6. The number of urea groups is 1. The fraction of sp³-hybridized carbons (Fsp3) is 0.0714. The SMILES string of the molecule is COC(=O)c1ccc(-c2ccc(/C=N/NC(=O)NN)o2)cc1. The maximum absolute atomic E-state index is 11.4. The van der Waals surface area contributed by atoms with E-state index in [-0.39, 0.29) is 0 Å². The van der Waals surface area contributed by atoms with Gasteiger partial charge in [0, 0.05) is 5.56 Å². The Balaban J connectivity index is 2.08. The monoisotopic (exact) mass is 302 g/mol. The van der Waals surface area contributed by atoms with Gasteiger partial charge >= 0.3 is 12.0 Å². The molecule has 1 heterocycles. The van der Waals surface area contributed by atoms with Gasteiger partial charge in [0.15, 0.2) is 0 Å². The lowest BCUT2D eigenvalue weighted by molar-refractivity contribution is 0.0600. The van der Waals surface area contributed by atoms with Gasteiger partial charge in [-0.05, 0) is 24.3 Å². The lowest BCUT2D eigenvalue weighted by Crippen LogP contribution is -2.37. The highest BCUT2D eigenvalue weighted by Gasteiger charge is 2.07. The highest BCUT2D eigenvalue weighted by atomic mass is 16.5. The van der Waals surface area contributed by atoms with Gasteiger partial charge < -0.3 is 9.15 Å². The summed E-state index contributed by atoms with van der Waals surface area (Å²) in [5, 5.41) is 3.65. The number of hydrazone groups is 1. The second-order valence-corrected chi connectivity index (χ2v) is 4.11. The summed E-state index contributed by atoms with van der Waals surface area (Å²) < 4.78 is 10.2. The summed E-state index contributed by atoms with van der Waals surface area (Å²) >= 11 is 0. The largest absolute Gasteiger partial charge is 0.465 e. The first-order valence-electron chi connectivity index (χ1n) is 6.22. The average molecular weight is 302 g/mol. The number of hydrogen-bond donors (Lipinski definition) is 3. The molecule has 0 saturated carbocycles. The van der Waals surface area contributed by atoms with Crippen LogP contribution in [0.25, 0.3) is 11.3 Å². The first kappa shape index (κ1) is 15.3. The van der Waals surface area contributed by atoms with Crippen LogP contribution in [0.2, 0.25) is 0 Å². The lowest BCUT2D eigenvalue weighted by Gasteiger charge is -2.00. The molecule has 4 N–H and O–H groups in total. The maximum Gasteiger partial charge on any atom is 0.349 e. The number of nitrogens with zero attached hydrogens (tertiary/aromatic N) is 1. The van der Waals surface area contributed by atoms with Crippen molar-refractivity contribution in [3.63, 3.8) is 0 Å². The number of hydrazine groups is 1. The molecular formula is C14H14N4O4. The van der Waals surface area contributed by atoms with Gasteiger partial charge in [-0.15, -0.1) is 0 Å². The molecule has 0 aliphatic heterocycles. The number of amides is 2. The van der Waals surface area contributed by atoms with Gasteiger partial charge in [0.2, 0.25) is 0 Å². The summed E-state index contributed by atoms with van der Waals surface area (Å²) in [6.07, 6.45) is 1.33. The lowest BCUT2D eigenvalue weighted by atomic mass is 10.1. The number of rotatable bonds is 4.